The SMILES string of the molecule is CNc1cc(Cl)c(C2(c3noc(-c4ccc(F)cc4)n3)CC2)c(Cl)c1. The van der Waals surface area contributed by atoms with Crippen LogP contribution >= 0.6 is 23.2 Å². The summed E-state index contributed by atoms with van der Waals surface area (Å²) in [5.74, 6) is 0.582. The molecule has 128 valence electrons. The van der Waals surface area contributed by atoms with Gasteiger partial charge in [0.25, 0.3) is 5.89 Å². The van der Waals surface area contributed by atoms with Crippen LogP contribution in [0.5, 0.6) is 0 Å². The van der Waals surface area contributed by atoms with Gasteiger partial charge < -0.3 is 9.84 Å². The molecule has 1 aliphatic rings. The third-order valence-corrected chi connectivity index (χ3v) is 5.10. The third-order valence-electron chi connectivity index (χ3n) is 4.50. The fraction of sp³-hybridized carbons (Fsp3) is 0.222. The number of rotatable bonds is 4. The van der Waals surface area contributed by atoms with Crippen LogP contribution in [0.25, 0.3) is 11.5 Å². The van der Waals surface area contributed by atoms with Crippen molar-refractivity contribution in [3.63, 3.8) is 0 Å². The molecular formula is C18H14Cl2FN3O. The number of aromatic nitrogens is 2. The highest BCUT2D eigenvalue weighted by Crippen LogP contribution is 2.56. The van der Waals surface area contributed by atoms with E-state index in [1.807, 2.05) is 19.2 Å². The maximum Gasteiger partial charge on any atom is 0.257 e. The first-order chi connectivity index (χ1) is 12.0. The van der Waals surface area contributed by atoms with Gasteiger partial charge in [-0.2, -0.15) is 4.98 Å². The lowest BCUT2D eigenvalue weighted by Gasteiger charge is -2.16. The molecule has 1 heterocycles. The van der Waals surface area contributed by atoms with E-state index in [9.17, 15) is 4.39 Å². The van der Waals surface area contributed by atoms with E-state index in [1.54, 1.807) is 12.1 Å². The molecule has 1 aromatic heterocycles. The van der Waals surface area contributed by atoms with Gasteiger partial charge in [0.05, 0.1) is 5.41 Å². The van der Waals surface area contributed by atoms with Gasteiger partial charge in [-0.05, 0) is 49.2 Å². The fourth-order valence-electron chi connectivity index (χ4n) is 3.01. The van der Waals surface area contributed by atoms with E-state index in [-0.39, 0.29) is 5.82 Å². The van der Waals surface area contributed by atoms with Crippen LogP contribution in [0.15, 0.2) is 40.9 Å². The summed E-state index contributed by atoms with van der Waals surface area (Å²) >= 11 is 13.0. The van der Waals surface area contributed by atoms with Gasteiger partial charge in [0.15, 0.2) is 5.82 Å². The van der Waals surface area contributed by atoms with Crippen molar-refractivity contribution in [2.45, 2.75) is 18.3 Å². The number of anilines is 1. The number of halogens is 3. The first kappa shape index (κ1) is 16.4. The topological polar surface area (TPSA) is 51.0 Å². The Hall–Kier alpha value is -2.11. The second-order valence-corrected chi connectivity index (χ2v) is 6.89. The average Bonchev–Trinajstić information content (AvgIpc) is 3.22. The molecule has 25 heavy (non-hydrogen) atoms. The van der Waals surface area contributed by atoms with E-state index >= 15 is 0 Å². The quantitative estimate of drug-likeness (QED) is 0.669. The average molecular weight is 378 g/mol. The second kappa shape index (κ2) is 6.00. The van der Waals surface area contributed by atoms with Crippen molar-refractivity contribution in [3.8, 4) is 11.5 Å². The summed E-state index contributed by atoms with van der Waals surface area (Å²) in [4.78, 5) is 4.51. The predicted molar refractivity (Wildman–Crippen MR) is 95.7 cm³/mol. The molecule has 0 bridgehead atoms. The minimum absolute atomic E-state index is 0.315. The molecule has 4 rings (SSSR count). The van der Waals surface area contributed by atoms with Crippen molar-refractivity contribution in [1.29, 1.82) is 0 Å². The van der Waals surface area contributed by atoms with Crippen molar-refractivity contribution in [2.75, 3.05) is 12.4 Å². The van der Waals surface area contributed by atoms with Crippen LogP contribution in [0.2, 0.25) is 10.0 Å². The lowest BCUT2D eigenvalue weighted by atomic mass is 9.94. The number of nitrogens with zero attached hydrogens (tertiary/aromatic N) is 2. The molecule has 0 aliphatic heterocycles. The van der Waals surface area contributed by atoms with Gasteiger partial charge in [0.2, 0.25) is 0 Å². The first-order valence-electron chi connectivity index (χ1n) is 7.81. The Morgan fingerprint density at radius 2 is 1.76 bits per heavy atom. The number of hydrogen-bond acceptors (Lipinski definition) is 4. The molecule has 0 saturated heterocycles. The summed E-state index contributed by atoms with van der Waals surface area (Å²) in [7, 11) is 1.81. The predicted octanol–water partition coefficient (Wildman–Crippen LogP) is 5.30. The van der Waals surface area contributed by atoms with Crippen molar-refractivity contribution < 1.29 is 8.91 Å². The summed E-state index contributed by atoms with van der Waals surface area (Å²) in [6, 6.07) is 9.60. The van der Waals surface area contributed by atoms with Crippen LogP contribution in [0.4, 0.5) is 10.1 Å². The zero-order valence-electron chi connectivity index (χ0n) is 13.3. The van der Waals surface area contributed by atoms with Gasteiger partial charge >= 0.3 is 0 Å². The van der Waals surface area contributed by atoms with Gasteiger partial charge in [-0.25, -0.2) is 4.39 Å². The van der Waals surface area contributed by atoms with Gasteiger partial charge in [-0.1, -0.05) is 28.4 Å². The summed E-state index contributed by atoms with van der Waals surface area (Å²) < 4.78 is 18.5. The minimum atomic E-state index is -0.428. The molecular weight excluding hydrogens is 364 g/mol. The molecule has 1 saturated carbocycles. The highest BCUT2D eigenvalue weighted by atomic mass is 35.5. The monoisotopic (exact) mass is 377 g/mol. The number of hydrogen-bond donors (Lipinski definition) is 1. The van der Waals surface area contributed by atoms with E-state index in [0.717, 1.165) is 24.1 Å². The molecule has 1 fully saturated rings. The zero-order valence-corrected chi connectivity index (χ0v) is 14.8. The Morgan fingerprint density at radius 3 is 2.32 bits per heavy atom. The maximum atomic E-state index is 13.1. The molecule has 1 N–H and O–H groups in total. The molecule has 2 aromatic carbocycles. The van der Waals surface area contributed by atoms with Crippen molar-refractivity contribution in [3.05, 3.63) is 63.6 Å². The lowest BCUT2D eigenvalue weighted by molar-refractivity contribution is 0.418. The summed E-state index contributed by atoms with van der Waals surface area (Å²) in [6.07, 6.45) is 1.68. The Bertz CT molecular complexity index is 913. The molecule has 7 heteroatoms. The lowest BCUT2D eigenvalue weighted by Crippen LogP contribution is -2.12. The fourth-order valence-corrected chi connectivity index (χ4v) is 3.86. The Balaban J connectivity index is 1.74. The molecule has 0 unspecified atom stereocenters. The third kappa shape index (κ3) is 2.77. The molecule has 0 spiro atoms. The molecule has 4 nitrogen and oxygen atoms in total. The van der Waals surface area contributed by atoms with Gasteiger partial charge in [-0.15, -0.1) is 0 Å². The summed E-state index contributed by atoms with van der Waals surface area (Å²) in [5, 5.41) is 8.31. The molecule has 3 aromatic rings. The van der Waals surface area contributed by atoms with E-state index < -0.39 is 5.41 Å². The largest absolute Gasteiger partial charge is 0.388 e. The number of nitrogens with one attached hydrogen (secondary N) is 1. The summed E-state index contributed by atoms with van der Waals surface area (Å²) in [5.41, 5.74) is 1.90. The number of benzene rings is 2. The Kier molecular flexibility index (Phi) is 3.93. The molecule has 0 radical (unpaired) electrons. The van der Waals surface area contributed by atoms with Crippen LogP contribution in [-0.4, -0.2) is 17.2 Å². The highest BCUT2D eigenvalue weighted by molar-refractivity contribution is 6.36. The van der Waals surface area contributed by atoms with Crippen LogP contribution in [0, 0.1) is 5.82 Å². The van der Waals surface area contributed by atoms with Crippen molar-refractivity contribution >= 4 is 28.9 Å². The first-order valence-corrected chi connectivity index (χ1v) is 8.56. The molecule has 1 aliphatic carbocycles. The van der Waals surface area contributed by atoms with Crippen LogP contribution in [0.3, 0.4) is 0 Å². The van der Waals surface area contributed by atoms with Crippen molar-refractivity contribution in [1.82, 2.24) is 10.1 Å². The molecule has 0 amide bonds. The maximum absolute atomic E-state index is 13.1. The van der Waals surface area contributed by atoms with Crippen LogP contribution in [0.1, 0.15) is 24.2 Å². The van der Waals surface area contributed by atoms with Crippen LogP contribution in [-0.2, 0) is 5.41 Å². The Labute approximate surface area is 154 Å². The summed E-state index contributed by atoms with van der Waals surface area (Å²) in [6.45, 7) is 0. The zero-order chi connectivity index (χ0) is 17.6. The van der Waals surface area contributed by atoms with E-state index in [2.05, 4.69) is 15.5 Å². The second-order valence-electron chi connectivity index (χ2n) is 6.08. The van der Waals surface area contributed by atoms with Crippen molar-refractivity contribution in [2.24, 2.45) is 0 Å². The standard InChI is InChI=1S/C18H14Cl2FN3O/c1-22-12-8-13(19)15(14(20)9-12)18(6-7-18)17-23-16(25-24-17)10-2-4-11(21)5-3-10/h2-5,8-9,22H,6-7H2,1H3. The van der Waals surface area contributed by atoms with E-state index in [1.165, 1.54) is 12.1 Å². The smallest absolute Gasteiger partial charge is 0.257 e. The van der Waals surface area contributed by atoms with Crippen LogP contribution < -0.4 is 5.32 Å². The Morgan fingerprint density at radius 1 is 1.12 bits per heavy atom. The van der Waals surface area contributed by atoms with Gasteiger partial charge in [0.1, 0.15) is 5.82 Å². The normalized spacial score (nSPS) is 15.2. The van der Waals surface area contributed by atoms with E-state index in [0.29, 0.717) is 27.3 Å². The van der Waals surface area contributed by atoms with E-state index in [4.69, 9.17) is 27.7 Å². The van der Waals surface area contributed by atoms with Gasteiger partial charge in [0, 0.05) is 33.9 Å². The highest BCUT2D eigenvalue weighted by Gasteiger charge is 2.52. The molecule has 0 atom stereocenters. The minimum Gasteiger partial charge on any atom is -0.388 e. The van der Waals surface area contributed by atoms with Gasteiger partial charge in [-0.3, -0.25) is 0 Å².